The largest absolute Gasteiger partial charge is 0.398 e. The Labute approximate surface area is 81.5 Å². The molecule has 0 unspecified atom stereocenters. The third-order valence-electron chi connectivity index (χ3n) is 0.851. The van der Waals surface area contributed by atoms with Crippen LogP contribution >= 0.6 is 22.6 Å². The fraction of sp³-hybridized carbons (Fsp3) is 0.222. The van der Waals surface area contributed by atoms with Crippen molar-refractivity contribution in [2.45, 2.75) is 13.8 Å². The van der Waals surface area contributed by atoms with Crippen molar-refractivity contribution < 1.29 is 0 Å². The highest BCUT2D eigenvalue weighted by molar-refractivity contribution is 14.1. The highest BCUT2D eigenvalue weighted by Gasteiger charge is 1.80. The van der Waals surface area contributed by atoms with Gasteiger partial charge < -0.3 is 5.73 Å². The molecule has 0 saturated carbocycles. The van der Waals surface area contributed by atoms with Gasteiger partial charge in [-0.05, 0) is 42.5 Å². The predicted molar refractivity (Wildman–Crippen MR) is 58.4 cm³/mol. The molecule has 0 atom stereocenters. The summed E-state index contributed by atoms with van der Waals surface area (Å²) in [6.07, 6.45) is 3.56. The molecular weight excluding hydrogens is 249 g/mol. The number of halogens is 1. The van der Waals surface area contributed by atoms with E-state index in [1.54, 1.807) is 6.08 Å². The van der Waals surface area contributed by atoms with Crippen LogP contribution in [0.15, 0.2) is 39.3 Å². The standard InChI is InChI=1S/C9H12IN/c1-7(2)6-9(11)5-4-8(3)10/h5-6H,1,11H2,2-3H3/b9-6+. The molecule has 0 aromatic carbocycles. The molecule has 0 aromatic rings. The van der Waals surface area contributed by atoms with Crippen LogP contribution in [-0.4, -0.2) is 0 Å². The number of rotatable bonds is 2. The summed E-state index contributed by atoms with van der Waals surface area (Å²) in [6, 6.07) is 0. The third kappa shape index (κ3) is 7.43. The molecule has 0 rings (SSSR count). The maximum Gasteiger partial charge on any atom is 0.0395 e. The Hall–Kier alpha value is -0.470. The molecule has 0 aliphatic heterocycles. The summed E-state index contributed by atoms with van der Waals surface area (Å²) < 4.78 is 1.08. The fourth-order valence-corrected chi connectivity index (χ4v) is 0.665. The van der Waals surface area contributed by atoms with Gasteiger partial charge in [0.25, 0.3) is 0 Å². The van der Waals surface area contributed by atoms with Gasteiger partial charge in [-0.3, -0.25) is 0 Å². The summed E-state index contributed by atoms with van der Waals surface area (Å²) >= 11 is 2.18. The topological polar surface area (TPSA) is 26.0 Å². The van der Waals surface area contributed by atoms with Crippen molar-refractivity contribution in [3.8, 4) is 0 Å². The van der Waals surface area contributed by atoms with Crippen molar-refractivity contribution >= 4 is 22.6 Å². The van der Waals surface area contributed by atoms with E-state index in [9.17, 15) is 0 Å². The molecule has 0 aliphatic carbocycles. The maximum atomic E-state index is 5.59. The second-order valence-electron chi connectivity index (χ2n) is 2.31. The van der Waals surface area contributed by atoms with Crippen molar-refractivity contribution in [2.24, 2.45) is 5.73 Å². The van der Waals surface area contributed by atoms with Gasteiger partial charge in [0, 0.05) is 15.4 Å². The molecule has 0 heterocycles. The van der Waals surface area contributed by atoms with E-state index < -0.39 is 0 Å². The first kappa shape index (κ1) is 10.5. The molecule has 0 aliphatic rings. The van der Waals surface area contributed by atoms with Gasteiger partial charge in [0.1, 0.15) is 0 Å². The molecule has 0 bridgehead atoms. The van der Waals surface area contributed by atoms with E-state index in [1.807, 2.05) is 19.9 Å². The van der Waals surface area contributed by atoms with Crippen LogP contribution in [0.25, 0.3) is 0 Å². The van der Waals surface area contributed by atoms with Gasteiger partial charge in [0.2, 0.25) is 0 Å². The Morgan fingerprint density at radius 1 is 1.55 bits per heavy atom. The first-order chi connectivity index (χ1) is 5.02. The molecule has 0 amide bonds. The average Bonchev–Trinajstić information content (AvgIpc) is 1.82. The molecule has 0 spiro atoms. The molecule has 60 valence electrons. The second-order valence-corrected chi connectivity index (χ2v) is 3.93. The summed E-state index contributed by atoms with van der Waals surface area (Å²) in [5.41, 5.74) is 10.2. The molecule has 2 N–H and O–H groups in total. The van der Waals surface area contributed by atoms with Crippen molar-refractivity contribution in [3.63, 3.8) is 0 Å². The minimum absolute atomic E-state index is 0.688. The molecule has 2 heteroatoms. The van der Waals surface area contributed by atoms with Crippen molar-refractivity contribution in [2.75, 3.05) is 0 Å². The number of hydrogen-bond donors (Lipinski definition) is 1. The summed E-state index contributed by atoms with van der Waals surface area (Å²) in [7, 11) is 0. The zero-order valence-electron chi connectivity index (χ0n) is 6.82. The lowest BCUT2D eigenvalue weighted by Gasteiger charge is -1.89. The van der Waals surface area contributed by atoms with E-state index in [0.717, 1.165) is 9.15 Å². The zero-order valence-corrected chi connectivity index (χ0v) is 8.97. The van der Waals surface area contributed by atoms with Crippen LogP contribution in [0.4, 0.5) is 0 Å². The Bertz CT molecular complexity index is 238. The highest BCUT2D eigenvalue weighted by atomic mass is 127. The molecule has 1 nitrogen and oxygen atoms in total. The van der Waals surface area contributed by atoms with Gasteiger partial charge in [-0.2, -0.15) is 0 Å². The van der Waals surface area contributed by atoms with Gasteiger partial charge in [0.05, 0.1) is 0 Å². The lowest BCUT2D eigenvalue weighted by Crippen LogP contribution is -1.91. The van der Waals surface area contributed by atoms with Crippen LogP contribution in [0.5, 0.6) is 0 Å². The molecule has 11 heavy (non-hydrogen) atoms. The fourth-order valence-electron chi connectivity index (χ4n) is 0.509. The first-order valence-electron chi connectivity index (χ1n) is 3.24. The van der Waals surface area contributed by atoms with Crippen LogP contribution in [-0.2, 0) is 0 Å². The van der Waals surface area contributed by atoms with Gasteiger partial charge in [-0.25, -0.2) is 0 Å². The van der Waals surface area contributed by atoms with Crippen molar-refractivity contribution in [1.29, 1.82) is 0 Å². The van der Waals surface area contributed by atoms with Crippen molar-refractivity contribution in [1.82, 2.24) is 0 Å². The van der Waals surface area contributed by atoms with Gasteiger partial charge in [-0.15, -0.1) is 5.73 Å². The first-order valence-corrected chi connectivity index (χ1v) is 4.31. The molecule has 0 saturated heterocycles. The second kappa shape index (κ2) is 5.22. The summed E-state index contributed by atoms with van der Waals surface area (Å²) in [5.74, 6) is 0. The van der Waals surface area contributed by atoms with E-state index in [2.05, 4.69) is 34.9 Å². The number of nitrogens with two attached hydrogens (primary N) is 1. The Morgan fingerprint density at radius 3 is 2.45 bits per heavy atom. The van der Waals surface area contributed by atoms with E-state index in [0.29, 0.717) is 5.70 Å². The quantitative estimate of drug-likeness (QED) is 0.461. The maximum absolute atomic E-state index is 5.59. The third-order valence-corrected chi connectivity index (χ3v) is 1.16. The predicted octanol–water partition coefficient (Wildman–Crippen LogP) is 2.90. The van der Waals surface area contributed by atoms with Gasteiger partial charge in [-0.1, -0.05) is 12.2 Å². The Kier molecular flexibility index (Phi) is 4.99. The molecule has 0 aromatic heterocycles. The minimum Gasteiger partial charge on any atom is -0.398 e. The van der Waals surface area contributed by atoms with Crippen LogP contribution in [0.2, 0.25) is 0 Å². The monoisotopic (exact) mass is 261 g/mol. The Balaban J connectivity index is 4.41. The minimum atomic E-state index is 0.688. The highest BCUT2D eigenvalue weighted by Crippen LogP contribution is 2.01. The van der Waals surface area contributed by atoms with E-state index in [4.69, 9.17) is 5.73 Å². The van der Waals surface area contributed by atoms with E-state index in [-0.39, 0.29) is 0 Å². The summed E-state index contributed by atoms with van der Waals surface area (Å²) in [4.78, 5) is 0. The average molecular weight is 261 g/mol. The number of allylic oxidation sites excluding steroid dienone is 3. The number of hydrogen-bond acceptors (Lipinski definition) is 1. The van der Waals surface area contributed by atoms with Gasteiger partial charge in [0.15, 0.2) is 0 Å². The normalized spacial score (nSPS) is 10.3. The van der Waals surface area contributed by atoms with Crippen LogP contribution in [0.3, 0.4) is 0 Å². The van der Waals surface area contributed by atoms with Crippen LogP contribution in [0, 0.1) is 0 Å². The van der Waals surface area contributed by atoms with E-state index in [1.165, 1.54) is 0 Å². The van der Waals surface area contributed by atoms with Crippen LogP contribution < -0.4 is 5.73 Å². The lowest BCUT2D eigenvalue weighted by molar-refractivity contribution is 1.39. The summed E-state index contributed by atoms with van der Waals surface area (Å²) in [5, 5.41) is 0. The smallest absolute Gasteiger partial charge is 0.0395 e. The van der Waals surface area contributed by atoms with Crippen LogP contribution in [0.1, 0.15) is 13.8 Å². The molecule has 0 radical (unpaired) electrons. The lowest BCUT2D eigenvalue weighted by atomic mass is 10.3. The SMILES string of the molecule is C=C(C)/C=C(/N)C=C=C(C)I. The Morgan fingerprint density at radius 2 is 2.09 bits per heavy atom. The van der Waals surface area contributed by atoms with Gasteiger partial charge >= 0.3 is 0 Å². The zero-order chi connectivity index (χ0) is 8.85. The van der Waals surface area contributed by atoms with Crippen molar-refractivity contribution in [3.05, 3.63) is 39.3 Å². The van der Waals surface area contributed by atoms with E-state index >= 15 is 0 Å². The summed E-state index contributed by atoms with van der Waals surface area (Å²) in [6.45, 7) is 7.58. The molecular formula is C9H12IN. The molecule has 0 fully saturated rings.